The molecule has 0 spiro atoms. The Kier molecular flexibility index (Phi) is 7.53. The molecule has 1 fully saturated rings. The molecule has 1 N–H and O–H groups in total. The predicted octanol–water partition coefficient (Wildman–Crippen LogP) is 7.75. The zero-order valence-corrected chi connectivity index (χ0v) is 19.0. The minimum Gasteiger partial charge on any atom is -0.345 e. The molecule has 4 rings (SSSR count). The third-order valence-electron chi connectivity index (χ3n) is 6.59. The first-order valence-electron chi connectivity index (χ1n) is 11.7. The van der Waals surface area contributed by atoms with E-state index in [2.05, 4.69) is 5.32 Å². The van der Waals surface area contributed by atoms with E-state index in [1.54, 1.807) is 12.1 Å². The van der Waals surface area contributed by atoms with Crippen LogP contribution in [0.15, 0.2) is 66.7 Å². The van der Waals surface area contributed by atoms with Crippen LogP contribution in [0.4, 0.5) is 22.0 Å². The quantitative estimate of drug-likeness (QED) is 0.354. The van der Waals surface area contributed by atoms with E-state index in [0.29, 0.717) is 29.7 Å². The number of hydrogen-bond acceptors (Lipinski definition) is 1. The predicted molar refractivity (Wildman–Crippen MR) is 124 cm³/mol. The molecule has 1 amide bonds. The van der Waals surface area contributed by atoms with Crippen molar-refractivity contribution in [3.8, 4) is 0 Å². The van der Waals surface area contributed by atoms with E-state index in [4.69, 9.17) is 0 Å². The Morgan fingerprint density at radius 1 is 0.886 bits per heavy atom. The van der Waals surface area contributed by atoms with Gasteiger partial charge in [-0.15, -0.1) is 0 Å². The van der Waals surface area contributed by atoms with E-state index in [-0.39, 0.29) is 17.3 Å². The van der Waals surface area contributed by atoms with Crippen molar-refractivity contribution in [1.29, 1.82) is 0 Å². The maximum atomic E-state index is 14.7. The molecule has 35 heavy (non-hydrogen) atoms. The van der Waals surface area contributed by atoms with E-state index in [9.17, 15) is 26.7 Å². The molecule has 3 aromatic carbocycles. The van der Waals surface area contributed by atoms with E-state index < -0.39 is 29.5 Å². The highest BCUT2D eigenvalue weighted by Crippen LogP contribution is 2.36. The van der Waals surface area contributed by atoms with E-state index in [1.165, 1.54) is 6.07 Å². The van der Waals surface area contributed by atoms with Crippen molar-refractivity contribution in [2.45, 2.75) is 56.7 Å². The van der Waals surface area contributed by atoms with Gasteiger partial charge in [0.05, 0.1) is 11.6 Å². The van der Waals surface area contributed by atoms with Gasteiger partial charge < -0.3 is 5.32 Å². The fraction of sp³-hybridized carbons (Fsp3) is 0.321. The second kappa shape index (κ2) is 10.6. The monoisotopic (exact) mass is 487 g/mol. The van der Waals surface area contributed by atoms with Gasteiger partial charge in [-0.05, 0) is 66.1 Å². The summed E-state index contributed by atoms with van der Waals surface area (Å²) < 4.78 is 67.9. The highest BCUT2D eigenvalue weighted by molar-refractivity contribution is 5.94. The fourth-order valence-corrected chi connectivity index (χ4v) is 4.73. The first kappa shape index (κ1) is 24.9. The Labute approximate surface area is 201 Å². The van der Waals surface area contributed by atoms with Crippen LogP contribution in [-0.4, -0.2) is 5.91 Å². The van der Waals surface area contributed by atoms with Gasteiger partial charge in [-0.25, -0.2) is 8.78 Å². The van der Waals surface area contributed by atoms with Crippen LogP contribution in [0.2, 0.25) is 0 Å². The highest BCUT2D eigenvalue weighted by atomic mass is 19.4. The van der Waals surface area contributed by atoms with Crippen LogP contribution in [0, 0.1) is 11.6 Å². The Bertz CT molecular complexity index is 1170. The van der Waals surface area contributed by atoms with Crippen LogP contribution in [0.1, 0.15) is 76.7 Å². The minimum atomic E-state index is -4.92. The molecule has 0 aliphatic heterocycles. The van der Waals surface area contributed by atoms with Crippen molar-refractivity contribution in [1.82, 2.24) is 5.32 Å². The number of amides is 1. The summed E-state index contributed by atoms with van der Waals surface area (Å²) in [5.74, 6) is -2.40. The van der Waals surface area contributed by atoms with Crippen LogP contribution in [-0.2, 0) is 12.6 Å². The largest absolute Gasteiger partial charge is 0.419 e. The third-order valence-corrected chi connectivity index (χ3v) is 6.59. The second-order valence-electron chi connectivity index (χ2n) is 9.02. The molecule has 0 saturated heterocycles. The molecular weight excluding hydrogens is 461 g/mol. The number of carbonyl (C=O) groups is 1. The SMILES string of the molecule is O=C(N[C@H](Cc1ccccc1)c1ccc(F)c(C2CCCCC2)c1)c1ccc(F)c(C(F)(F)F)c1. The fourth-order valence-electron chi connectivity index (χ4n) is 4.73. The Balaban J connectivity index is 1.66. The maximum Gasteiger partial charge on any atom is 0.419 e. The third kappa shape index (κ3) is 6.08. The zero-order valence-electron chi connectivity index (χ0n) is 19.0. The number of rotatable bonds is 6. The van der Waals surface area contributed by atoms with E-state index >= 15 is 0 Å². The summed E-state index contributed by atoms with van der Waals surface area (Å²) in [5, 5.41) is 2.79. The van der Waals surface area contributed by atoms with Crippen molar-refractivity contribution in [2.24, 2.45) is 0 Å². The van der Waals surface area contributed by atoms with Crippen molar-refractivity contribution < 1.29 is 26.7 Å². The van der Waals surface area contributed by atoms with Gasteiger partial charge in [-0.3, -0.25) is 4.79 Å². The van der Waals surface area contributed by atoms with Crippen LogP contribution in [0.5, 0.6) is 0 Å². The van der Waals surface area contributed by atoms with Crippen LogP contribution in [0.25, 0.3) is 0 Å². The summed E-state index contributed by atoms with van der Waals surface area (Å²) in [6, 6.07) is 15.6. The van der Waals surface area contributed by atoms with Gasteiger partial charge in [0.25, 0.3) is 5.91 Å². The van der Waals surface area contributed by atoms with Gasteiger partial charge in [0.15, 0.2) is 0 Å². The Hall–Kier alpha value is -3.22. The van der Waals surface area contributed by atoms with Gasteiger partial charge in [0, 0.05) is 5.56 Å². The molecule has 0 bridgehead atoms. The second-order valence-corrected chi connectivity index (χ2v) is 9.02. The summed E-state index contributed by atoms with van der Waals surface area (Å²) in [7, 11) is 0. The first-order valence-corrected chi connectivity index (χ1v) is 11.7. The zero-order chi connectivity index (χ0) is 25.0. The maximum absolute atomic E-state index is 14.7. The number of alkyl halides is 3. The van der Waals surface area contributed by atoms with E-state index in [1.807, 2.05) is 30.3 Å². The van der Waals surface area contributed by atoms with Crippen molar-refractivity contribution >= 4 is 5.91 Å². The van der Waals surface area contributed by atoms with Crippen molar-refractivity contribution in [3.63, 3.8) is 0 Å². The molecule has 3 aromatic rings. The van der Waals surface area contributed by atoms with Crippen molar-refractivity contribution in [2.75, 3.05) is 0 Å². The number of benzene rings is 3. The number of nitrogens with one attached hydrogen (secondary N) is 1. The molecule has 1 saturated carbocycles. The molecule has 0 radical (unpaired) electrons. The number of hydrogen-bond donors (Lipinski definition) is 1. The lowest BCUT2D eigenvalue weighted by atomic mass is 9.82. The Morgan fingerprint density at radius 3 is 2.26 bits per heavy atom. The molecule has 0 unspecified atom stereocenters. The standard InChI is InChI=1S/C28H26F5NO/c29-24-13-11-20(16-22(24)19-9-5-2-6-10-19)26(15-18-7-3-1-4-8-18)34-27(35)21-12-14-25(30)23(17-21)28(31,32)33/h1,3-4,7-8,11-14,16-17,19,26H,2,5-6,9-10,15H2,(H,34,35)/t26-/m1/s1. The lowest BCUT2D eigenvalue weighted by Crippen LogP contribution is -2.30. The van der Waals surface area contributed by atoms with Crippen molar-refractivity contribution in [3.05, 3.63) is 106 Å². The smallest absolute Gasteiger partial charge is 0.345 e. The Morgan fingerprint density at radius 2 is 1.57 bits per heavy atom. The highest BCUT2D eigenvalue weighted by Gasteiger charge is 2.35. The lowest BCUT2D eigenvalue weighted by molar-refractivity contribution is -0.140. The average Bonchev–Trinajstić information content (AvgIpc) is 2.84. The molecular formula is C28H26F5NO. The summed E-state index contributed by atoms with van der Waals surface area (Å²) in [6.45, 7) is 0. The summed E-state index contributed by atoms with van der Waals surface area (Å²) in [6.07, 6.45) is 0.417. The average molecular weight is 488 g/mol. The molecule has 0 heterocycles. The topological polar surface area (TPSA) is 29.1 Å². The normalized spacial score (nSPS) is 15.6. The van der Waals surface area contributed by atoms with E-state index in [0.717, 1.165) is 43.7 Å². The number of halogens is 5. The van der Waals surface area contributed by atoms with Gasteiger partial charge >= 0.3 is 6.18 Å². The van der Waals surface area contributed by atoms with Crippen LogP contribution >= 0.6 is 0 Å². The molecule has 1 atom stereocenters. The lowest BCUT2D eigenvalue weighted by Gasteiger charge is -2.25. The minimum absolute atomic E-state index is 0.100. The molecule has 184 valence electrons. The van der Waals surface area contributed by atoms with Gasteiger partial charge in [0.1, 0.15) is 11.6 Å². The number of carbonyl (C=O) groups excluding carboxylic acids is 1. The van der Waals surface area contributed by atoms with Gasteiger partial charge in [0.2, 0.25) is 0 Å². The van der Waals surface area contributed by atoms with Crippen LogP contribution < -0.4 is 5.32 Å². The molecule has 0 aromatic heterocycles. The first-order chi connectivity index (χ1) is 16.7. The van der Waals surface area contributed by atoms with Gasteiger partial charge in [-0.1, -0.05) is 61.7 Å². The summed E-state index contributed by atoms with van der Waals surface area (Å²) in [5.41, 5.74) is 0.381. The summed E-state index contributed by atoms with van der Waals surface area (Å²) >= 11 is 0. The molecule has 2 nitrogen and oxygen atoms in total. The van der Waals surface area contributed by atoms with Crippen LogP contribution in [0.3, 0.4) is 0 Å². The summed E-state index contributed by atoms with van der Waals surface area (Å²) in [4.78, 5) is 13.0. The molecule has 1 aliphatic rings. The molecule has 7 heteroatoms. The van der Waals surface area contributed by atoms with Gasteiger partial charge in [-0.2, -0.15) is 13.2 Å². The molecule has 1 aliphatic carbocycles.